The van der Waals surface area contributed by atoms with Gasteiger partial charge in [-0.05, 0) is 18.8 Å². The average Bonchev–Trinajstić information content (AvgIpc) is 1.80. The summed E-state index contributed by atoms with van der Waals surface area (Å²) >= 11 is 0. The first kappa shape index (κ1) is 8.70. The Labute approximate surface area is 57.4 Å². The lowest BCUT2D eigenvalue weighted by atomic mass is 10.1. The monoisotopic (exact) mass is 128 g/mol. The summed E-state index contributed by atoms with van der Waals surface area (Å²) in [5, 5.41) is 8.34. The van der Waals surface area contributed by atoms with E-state index >= 15 is 0 Å². The van der Waals surface area contributed by atoms with E-state index in [9.17, 15) is 0 Å². The first-order chi connectivity index (χ1) is 4.27. The summed E-state index contributed by atoms with van der Waals surface area (Å²) in [4.78, 5) is 0. The molecule has 0 aliphatic carbocycles. The van der Waals surface area contributed by atoms with Crippen molar-refractivity contribution in [2.24, 2.45) is 5.92 Å². The number of allylic oxidation sites excluding steroid dienone is 1. The van der Waals surface area contributed by atoms with Gasteiger partial charge < -0.3 is 5.11 Å². The van der Waals surface area contributed by atoms with Gasteiger partial charge in [0.2, 0.25) is 0 Å². The van der Waals surface area contributed by atoms with Gasteiger partial charge in [-0.15, -0.1) is 0 Å². The molecule has 0 amide bonds. The minimum atomic E-state index is 0.179. The lowest BCUT2D eigenvalue weighted by molar-refractivity contribution is 0.342. The summed E-state index contributed by atoms with van der Waals surface area (Å²) in [6.07, 6.45) is 6.14. The van der Waals surface area contributed by atoms with Crippen LogP contribution in [0.4, 0.5) is 0 Å². The van der Waals surface area contributed by atoms with Crippen molar-refractivity contribution in [2.75, 3.05) is 6.61 Å². The maximum atomic E-state index is 8.34. The van der Waals surface area contributed by atoms with Crippen LogP contribution in [0, 0.1) is 5.92 Å². The molecule has 0 spiro atoms. The number of aliphatic hydroxyl groups is 1. The van der Waals surface area contributed by atoms with Crippen LogP contribution in [0.1, 0.15) is 26.7 Å². The maximum Gasteiger partial charge on any atom is 0.0612 e. The minimum Gasteiger partial charge on any atom is -0.392 e. The van der Waals surface area contributed by atoms with Gasteiger partial charge in [0, 0.05) is 0 Å². The SMILES string of the molecule is CC(C)CC/C=C/CO. The third-order valence-electron chi connectivity index (χ3n) is 1.18. The summed E-state index contributed by atoms with van der Waals surface area (Å²) < 4.78 is 0. The molecule has 1 N–H and O–H groups in total. The van der Waals surface area contributed by atoms with Gasteiger partial charge in [-0.2, -0.15) is 0 Å². The first-order valence-electron chi connectivity index (χ1n) is 3.53. The van der Waals surface area contributed by atoms with E-state index in [-0.39, 0.29) is 6.61 Å². The normalized spacial score (nSPS) is 11.6. The zero-order valence-corrected chi connectivity index (χ0v) is 6.30. The molecule has 0 heterocycles. The molecule has 54 valence electrons. The number of rotatable bonds is 4. The second kappa shape index (κ2) is 5.83. The van der Waals surface area contributed by atoms with Crippen molar-refractivity contribution in [3.63, 3.8) is 0 Å². The van der Waals surface area contributed by atoms with Crippen molar-refractivity contribution in [1.82, 2.24) is 0 Å². The van der Waals surface area contributed by atoms with Gasteiger partial charge in [0.25, 0.3) is 0 Å². The topological polar surface area (TPSA) is 20.2 Å². The van der Waals surface area contributed by atoms with Crippen molar-refractivity contribution in [3.05, 3.63) is 12.2 Å². The smallest absolute Gasteiger partial charge is 0.0612 e. The molecule has 0 aromatic carbocycles. The van der Waals surface area contributed by atoms with E-state index in [1.807, 2.05) is 6.08 Å². The molecule has 0 rings (SSSR count). The number of aliphatic hydroxyl groups excluding tert-OH is 1. The molecule has 0 bridgehead atoms. The Balaban J connectivity index is 2.99. The summed E-state index contributed by atoms with van der Waals surface area (Å²) in [5.74, 6) is 0.772. The van der Waals surface area contributed by atoms with Crippen molar-refractivity contribution in [2.45, 2.75) is 26.7 Å². The predicted octanol–water partition coefficient (Wildman–Crippen LogP) is 1.97. The zero-order valence-electron chi connectivity index (χ0n) is 6.30. The highest BCUT2D eigenvalue weighted by atomic mass is 16.2. The Morgan fingerprint density at radius 2 is 2.00 bits per heavy atom. The number of hydrogen-bond donors (Lipinski definition) is 1. The molecule has 0 fully saturated rings. The summed E-state index contributed by atoms with van der Waals surface area (Å²) in [7, 11) is 0. The second-order valence-corrected chi connectivity index (χ2v) is 2.63. The Hall–Kier alpha value is -0.300. The summed E-state index contributed by atoms with van der Waals surface area (Å²) in [6, 6.07) is 0. The third kappa shape index (κ3) is 7.70. The van der Waals surface area contributed by atoms with Crippen LogP contribution >= 0.6 is 0 Å². The molecular weight excluding hydrogens is 112 g/mol. The fourth-order valence-electron chi connectivity index (χ4n) is 0.622. The minimum absolute atomic E-state index is 0.179. The Kier molecular flexibility index (Phi) is 5.64. The highest BCUT2D eigenvalue weighted by molar-refractivity contribution is 4.80. The molecule has 0 saturated carbocycles. The average molecular weight is 128 g/mol. The van der Waals surface area contributed by atoms with E-state index in [1.165, 1.54) is 6.42 Å². The van der Waals surface area contributed by atoms with Gasteiger partial charge >= 0.3 is 0 Å². The van der Waals surface area contributed by atoms with Crippen LogP contribution in [0.25, 0.3) is 0 Å². The van der Waals surface area contributed by atoms with Crippen LogP contribution in [0.2, 0.25) is 0 Å². The van der Waals surface area contributed by atoms with E-state index in [1.54, 1.807) is 6.08 Å². The third-order valence-corrected chi connectivity index (χ3v) is 1.18. The van der Waals surface area contributed by atoms with Gasteiger partial charge in [-0.25, -0.2) is 0 Å². The maximum absolute atomic E-state index is 8.34. The molecule has 0 aromatic heterocycles. The Morgan fingerprint density at radius 3 is 2.44 bits per heavy atom. The van der Waals surface area contributed by atoms with Gasteiger partial charge in [0.05, 0.1) is 6.61 Å². The van der Waals surface area contributed by atoms with Crippen LogP contribution in [0.15, 0.2) is 12.2 Å². The van der Waals surface area contributed by atoms with E-state index < -0.39 is 0 Å². The molecule has 0 atom stereocenters. The quantitative estimate of drug-likeness (QED) is 0.574. The Morgan fingerprint density at radius 1 is 1.33 bits per heavy atom. The van der Waals surface area contributed by atoms with Crippen LogP contribution in [0.3, 0.4) is 0 Å². The van der Waals surface area contributed by atoms with Crippen molar-refractivity contribution >= 4 is 0 Å². The Bertz CT molecular complexity index is 74.6. The van der Waals surface area contributed by atoms with Crippen LogP contribution < -0.4 is 0 Å². The van der Waals surface area contributed by atoms with E-state index in [0.29, 0.717) is 0 Å². The first-order valence-corrected chi connectivity index (χ1v) is 3.53. The molecule has 0 aromatic rings. The molecule has 0 aliphatic heterocycles. The molecule has 1 heteroatoms. The van der Waals surface area contributed by atoms with Gasteiger partial charge in [-0.1, -0.05) is 26.0 Å². The van der Waals surface area contributed by atoms with Gasteiger partial charge in [-0.3, -0.25) is 0 Å². The molecule has 0 aliphatic rings. The van der Waals surface area contributed by atoms with Gasteiger partial charge in [0.15, 0.2) is 0 Å². The fraction of sp³-hybridized carbons (Fsp3) is 0.750. The highest BCUT2D eigenvalue weighted by Crippen LogP contribution is 2.03. The van der Waals surface area contributed by atoms with E-state index in [2.05, 4.69) is 13.8 Å². The molecule has 0 radical (unpaired) electrons. The van der Waals surface area contributed by atoms with Crippen LogP contribution in [-0.2, 0) is 0 Å². The lowest BCUT2D eigenvalue weighted by Crippen LogP contribution is -1.83. The summed E-state index contributed by atoms with van der Waals surface area (Å²) in [5.41, 5.74) is 0. The van der Waals surface area contributed by atoms with E-state index in [4.69, 9.17) is 5.11 Å². The highest BCUT2D eigenvalue weighted by Gasteiger charge is 1.88. The standard InChI is InChI=1S/C8H16O/c1-8(2)6-4-3-5-7-9/h3,5,8-9H,4,6-7H2,1-2H3/b5-3+. The molecule has 0 unspecified atom stereocenters. The molecule has 1 nitrogen and oxygen atoms in total. The molecule has 0 saturated heterocycles. The second-order valence-electron chi connectivity index (χ2n) is 2.63. The molecular formula is C8H16O. The van der Waals surface area contributed by atoms with Gasteiger partial charge in [0.1, 0.15) is 0 Å². The van der Waals surface area contributed by atoms with Crippen LogP contribution in [0.5, 0.6) is 0 Å². The number of hydrogen-bond acceptors (Lipinski definition) is 1. The fourth-order valence-corrected chi connectivity index (χ4v) is 0.622. The lowest BCUT2D eigenvalue weighted by Gasteiger charge is -1.97. The van der Waals surface area contributed by atoms with Crippen molar-refractivity contribution in [3.8, 4) is 0 Å². The molecule has 9 heavy (non-hydrogen) atoms. The van der Waals surface area contributed by atoms with Crippen molar-refractivity contribution < 1.29 is 5.11 Å². The summed E-state index contributed by atoms with van der Waals surface area (Å²) in [6.45, 7) is 4.58. The van der Waals surface area contributed by atoms with E-state index in [0.717, 1.165) is 12.3 Å². The van der Waals surface area contributed by atoms with Crippen molar-refractivity contribution in [1.29, 1.82) is 0 Å². The zero-order chi connectivity index (χ0) is 7.11. The largest absolute Gasteiger partial charge is 0.392 e. The van der Waals surface area contributed by atoms with Crippen LogP contribution in [-0.4, -0.2) is 11.7 Å². The predicted molar refractivity (Wildman–Crippen MR) is 40.3 cm³/mol.